The number of amides is 2. The molecule has 0 saturated heterocycles. The first-order valence-corrected chi connectivity index (χ1v) is 8.78. The predicted molar refractivity (Wildman–Crippen MR) is 93.8 cm³/mol. The van der Waals surface area contributed by atoms with E-state index >= 15 is 0 Å². The van der Waals surface area contributed by atoms with Crippen molar-refractivity contribution in [2.45, 2.75) is 45.5 Å². The zero-order valence-electron chi connectivity index (χ0n) is 16.0. The van der Waals surface area contributed by atoms with E-state index in [0.717, 1.165) is 12.4 Å². The Balaban J connectivity index is 1.77. The van der Waals surface area contributed by atoms with Gasteiger partial charge in [-0.15, -0.1) is 0 Å². The number of alkyl halides is 4. The van der Waals surface area contributed by atoms with Gasteiger partial charge >= 0.3 is 13.1 Å². The summed E-state index contributed by atoms with van der Waals surface area (Å²) in [6, 6.07) is 0. The zero-order valence-corrected chi connectivity index (χ0v) is 16.0. The molecule has 0 fully saturated rings. The summed E-state index contributed by atoms with van der Waals surface area (Å²) < 4.78 is 52.6. The van der Waals surface area contributed by atoms with Gasteiger partial charge in [0.15, 0.2) is 0 Å². The van der Waals surface area contributed by atoms with Gasteiger partial charge in [0, 0.05) is 51.7 Å². The van der Waals surface area contributed by atoms with Gasteiger partial charge in [-0.1, -0.05) is 0 Å². The standard InChI is InChI=1S/C17H22F4N6O2/c1-24(10-12-22-6-8-26(12)16(18)19)14(28)4-3-5-15(29)25(2)11-13-23-7-9-27(13)17(20)21/h6-9,16-17H,3-5,10-11H2,1-2H3. The van der Waals surface area contributed by atoms with Gasteiger partial charge in [0.25, 0.3) is 0 Å². The number of carbonyl (C=O) groups is 2. The second-order valence-corrected chi connectivity index (χ2v) is 6.41. The van der Waals surface area contributed by atoms with E-state index in [4.69, 9.17) is 0 Å². The number of halogens is 4. The molecule has 0 bridgehead atoms. The Bertz CT molecular complexity index is 756. The average Bonchev–Trinajstić information content (AvgIpc) is 3.30. The summed E-state index contributed by atoms with van der Waals surface area (Å²) >= 11 is 0. The molecule has 0 unspecified atom stereocenters. The van der Waals surface area contributed by atoms with Crippen LogP contribution in [0.3, 0.4) is 0 Å². The normalized spacial score (nSPS) is 11.3. The molecular weight excluding hydrogens is 396 g/mol. The molecule has 0 aromatic carbocycles. The summed E-state index contributed by atoms with van der Waals surface area (Å²) in [7, 11) is 2.93. The molecule has 2 rings (SSSR count). The van der Waals surface area contributed by atoms with Crippen LogP contribution in [-0.2, 0) is 22.7 Å². The molecule has 0 N–H and O–H groups in total. The number of hydrogen-bond donors (Lipinski definition) is 0. The Morgan fingerprint density at radius 3 is 1.59 bits per heavy atom. The molecule has 12 heteroatoms. The van der Waals surface area contributed by atoms with Crippen molar-refractivity contribution in [3.63, 3.8) is 0 Å². The fraction of sp³-hybridized carbons (Fsp3) is 0.529. The van der Waals surface area contributed by atoms with Gasteiger partial charge in [0.2, 0.25) is 11.8 Å². The molecule has 0 atom stereocenters. The van der Waals surface area contributed by atoms with Gasteiger partial charge < -0.3 is 9.80 Å². The van der Waals surface area contributed by atoms with Crippen LogP contribution in [0.5, 0.6) is 0 Å². The van der Waals surface area contributed by atoms with Crippen LogP contribution in [0.1, 0.15) is 44.0 Å². The molecule has 0 aliphatic rings. The smallest absolute Gasteiger partial charge is 0.319 e. The quantitative estimate of drug-likeness (QED) is 0.556. The van der Waals surface area contributed by atoms with Gasteiger partial charge in [-0.3, -0.25) is 18.7 Å². The summed E-state index contributed by atoms with van der Waals surface area (Å²) in [5, 5.41) is 0. The maximum absolute atomic E-state index is 12.8. The number of carbonyl (C=O) groups excluding carboxylic acids is 2. The van der Waals surface area contributed by atoms with Crippen molar-refractivity contribution in [2.75, 3.05) is 14.1 Å². The van der Waals surface area contributed by atoms with Crippen LogP contribution in [0.4, 0.5) is 17.6 Å². The highest BCUT2D eigenvalue weighted by Gasteiger charge is 2.18. The molecule has 0 radical (unpaired) electrons. The Kier molecular flexibility index (Phi) is 7.74. The fourth-order valence-electron chi connectivity index (χ4n) is 2.66. The largest absolute Gasteiger partial charge is 0.338 e. The van der Waals surface area contributed by atoms with Gasteiger partial charge in [0.05, 0.1) is 13.1 Å². The lowest BCUT2D eigenvalue weighted by Crippen LogP contribution is -2.29. The Hall–Kier alpha value is -2.92. The molecule has 2 heterocycles. The van der Waals surface area contributed by atoms with Crippen molar-refractivity contribution >= 4 is 11.8 Å². The van der Waals surface area contributed by atoms with Crippen LogP contribution in [0, 0.1) is 0 Å². The summed E-state index contributed by atoms with van der Waals surface area (Å²) in [5.74, 6) is -0.530. The molecule has 0 aliphatic heterocycles. The maximum atomic E-state index is 12.8. The molecule has 2 aromatic rings. The van der Waals surface area contributed by atoms with Crippen molar-refractivity contribution in [1.29, 1.82) is 0 Å². The number of rotatable bonds is 10. The van der Waals surface area contributed by atoms with E-state index in [2.05, 4.69) is 9.97 Å². The summed E-state index contributed by atoms with van der Waals surface area (Å²) in [5.41, 5.74) is 0. The van der Waals surface area contributed by atoms with E-state index in [1.165, 1.54) is 36.3 Å². The monoisotopic (exact) mass is 418 g/mol. The minimum atomic E-state index is -2.75. The molecule has 0 saturated carbocycles. The molecule has 8 nitrogen and oxygen atoms in total. The average molecular weight is 418 g/mol. The fourth-order valence-corrected chi connectivity index (χ4v) is 2.66. The van der Waals surface area contributed by atoms with E-state index < -0.39 is 13.1 Å². The minimum absolute atomic E-state index is 0.0388. The Morgan fingerprint density at radius 1 is 0.862 bits per heavy atom. The SMILES string of the molecule is CN(Cc1nccn1C(F)F)C(=O)CCCC(=O)N(C)Cc1nccn1C(F)F. The van der Waals surface area contributed by atoms with E-state index in [0.29, 0.717) is 9.13 Å². The third-order valence-electron chi connectivity index (χ3n) is 4.31. The highest BCUT2D eigenvalue weighted by atomic mass is 19.3. The van der Waals surface area contributed by atoms with E-state index in [9.17, 15) is 27.2 Å². The van der Waals surface area contributed by atoms with Crippen molar-refractivity contribution in [3.8, 4) is 0 Å². The van der Waals surface area contributed by atoms with Crippen molar-refractivity contribution < 1.29 is 27.2 Å². The van der Waals surface area contributed by atoms with Crippen LogP contribution in [0.15, 0.2) is 24.8 Å². The second-order valence-electron chi connectivity index (χ2n) is 6.41. The second kappa shape index (κ2) is 10.0. The zero-order chi connectivity index (χ0) is 21.6. The topological polar surface area (TPSA) is 76.3 Å². The Morgan fingerprint density at radius 2 is 1.24 bits per heavy atom. The highest BCUT2D eigenvalue weighted by molar-refractivity contribution is 5.78. The van der Waals surface area contributed by atoms with E-state index in [-0.39, 0.29) is 55.8 Å². The third kappa shape index (κ3) is 6.03. The van der Waals surface area contributed by atoms with Crippen molar-refractivity contribution in [1.82, 2.24) is 28.9 Å². The third-order valence-corrected chi connectivity index (χ3v) is 4.31. The van der Waals surface area contributed by atoms with Gasteiger partial charge in [-0.05, 0) is 6.42 Å². The molecule has 160 valence electrons. The molecule has 2 amide bonds. The summed E-state index contributed by atoms with van der Waals surface area (Å²) in [4.78, 5) is 34.5. The number of nitrogens with zero attached hydrogens (tertiary/aromatic N) is 6. The number of aromatic nitrogens is 4. The van der Waals surface area contributed by atoms with Crippen LogP contribution in [-0.4, -0.2) is 54.8 Å². The first-order valence-electron chi connectivity index (χ1n) is 8.78. The van der Waals surface area contributed by atoms with Crippen LogP contribution in [0.2, 0.25) is 0 Å². The predicted octanol–water partition coefficient (Wildman–Crippen LogP) is 2.66. The molecule has 0 aliphatic carbocycles. The van der Waals surface area contributed by atoms with Crippen LogP contribution < -0.4 is 0 Å². The lowest BCUT2D eigenvalue weighted by atomic mass is 10.2. The first kappa shape index (κ1) is 22.4. The highest BCUT2D eigenvalue weighted by Crippen LogP contribution is 2.15. The minimum Gasteiger partial charge on any atom is -0.338 e. The first-order chi connectivity index (χ1) is 13.7. The van der Waals surface area contributed by atoms with Gasteiger partial charge in [-0.25, -0.2) is 9.97 Å². The molecule has 0 spiro atoms. The lowest BCUT2D eigenvalue weighted by molar-refractivity contribution is -0.132. The lowest BCUT2D eigenvalue weighted by Gasteiger charge is -2.19. The van der Waals surface area contributed by atoms with Gasteiger partial charge in [-0.2, -0.15) is 17.6 Å². The van der Waals surface area contributed by atoms with E-state index in [1.807, 2.05) is 0 Å². The number of hydrogen-bond acceptors (Lipinski definition) is 4. The molecular formula is C17H22F4N6O2. The molecule has 29 heavy (non-hydrogen) atoms. The molecule has 2 aromatic heterocycles. The van der Waals surface area contributed by atoms with Crippen molar-refractivity contribution in [3.05, 3.63) is 36.4 Å². The summed E-state index contributed by atoms with van der Waals surface area (Å²) in [6.07, 6.45) is 5.03. The maximum Gasteiger partial charge on any atom is 0.319 e. The summed E-state index contributed by atoms with van der Waals surface area (Å²) in [6.45, 7) is -5.66. The van der Waals surface area contributed by atoms with Crippen molar-refractivity contribution in [2.24, 2.45) is 0 Å². The van der Waals surface area contributed by atoms with E-state index in [1.54, 1.807) is 0 Å². The number of imidazole rings is 2. The van der Waals surface area contributed by atoms with Gasteiger partial charge in [0.1, 0.15) is 11.6 Å². The van der Waals surface area contributed by atoms with Crippen LogP contribution >= 0.6 is 0 Å². The van der Waals surface area contributed by atoms with Crippen LogP contribution in [0.25, 0.3) is 0 Å². The Labute approximate surface area is 164 Å².